The molecule has 37 heavy (non-hydrogen) atoms. The van der Waals surface area contributed by atoms with Crippen LogP contribution in [-0.2, 0) is 4.79 Å². The van der Waals surface area contributed by atoms with Crippen LogP contribution < -0.4 is 10.6 Å². The summed E-state index contributed by atoms with van der Waals surface area (Å²) in [6.45, 7) is 5.56. The smallest absolute Gasteiger partial charge is 0.256 e. The molecule has 1 atom stereocenters. The molecular formula is C31H34FN3O2. The van der Waals surface area contributed by atoms with E-state index in [1.165, 1.54) is 6.07 Å². The molecule has 2 aliphatic heterocycles. The van der Waals surface area contributed by atoms with E-state index in [4.69, 9.17) is 0 Å². The Morgan fingerprint density at radius 1 is 0.973 bits per heavy atom. The molecule has 2 heterocycles. The van der Waals surface area contributed by atoms with Gasteiger partial charge in [-0.15, -0.1) is 0 Å². The Bertz CT molecular complexity index is 1300. The highest BCUT2D eigenvalue weighted by atomic mass is 19.1. The molecule has 3 aromatic carbocycles. The Morgan fingerprint density at radius 3 is 2.35 bits per heavy atom. The van der Waals surface area contributed by atoms with E-state index in [-0.39, 0.29) is 35.5 Å². The number of carbonyl (C=O) groups is 2. The quantitative estimate of drug-likeness (QED) is 0.395. The van der Waals surface area contributed by atoms with Crippen LogP contribution in [-0.4, -0.2) is 29.8 Å². The molecule has 5 rings (SSSR count). The Hall–Kier alpha value is -3.51. The van der Waals surface area contributed by atoms with E-state index in [1.807, 2.05) is 68.4 Å². The molecule has 1 fully saturated rings. The lowest BCUT2D eigenvalue weighted by atomic mass is 9.86. The summed E-state index contributed by atoms with van der Waals surface area (Å²) in [7, 11) is 0. The summed E-state index contributed by atoms with van der Waals surface area (Å²) in [5, 5.41) is 5.95. The van der Waals surface area contributed by atoms with Gasteiger partial charge in [0.1, 0.15) is 5.82 Å². The van der Waals surface area contributed by atoms with E-state index in [0.29, 0.717) is 16.8 Å². The van der Waals surface area contributed by atoms with Crippen molar-refractivity contribution in [1.29, 1.82) is 0 Å². The number of fused-ring (bicyclic) bond motifs is 2. The summed E-state index contributed by atoms with van der Waals surface area (Å²) < 4.78 is 15.2. The molecule has 2 N–H and O–H groups in total. The first-order chi connectivity index (χ1) is 18.0. The fourth-order valence-electron chi connectivity index (χ4n) is 5.85. The summed E-state index contributed by atoms with van der Waals surface area (Å²) in [4.78, 5) is 27.8. The van der Waals surface area contributed by atoms with Crippen molar-refractivity contribution >= 4 is 23.2 Å². The van der Waals surface area contributed by atoms with Gasteiger partial charge in [0.05, 0.1) is 6.04 Å². The van der Waals surface area contributed by atoms with E-state index in [1.54, 1.807) is 0 Å². The second-order valence-electron chi connectivity index (χ2n) is 10.1. The number of para-hydroxylation sites is 1. The minimum absolute atomic E-state index is 0.0418. The average Bonchev–Trinajstić information content (AvgIpc) is 3.03. The highest BCUT2D eigenvalue weighted by Crippen LogP contribution is 2.41. The van der Waals surface area contributed by atoms with Gasteiger partial charge in [-0.1, -0.05) is 56.3 Å². The Morgan fingerprint density at radius 2 is 1.65 bits per heavy atom. The van der Waals surface area contributed by atoms with Crippen LogP contribution in [0.15, 0.2) is 66.7 Å². The SMILES string of the molecule is CCC(CC)C(=O)Nc1ccc(C2CCN(C3c4ccccc4NC(=O)c4ccccc43)CC2)c(F)c1. The van der Waals surface area contributed by atoms with Crippen molar-refractivity contribution in [2.24, 2.45) is 5.92 Å². The number of nitrogens with zero attached hydrogens (tertiary/aromatic N) is 1. The number of halogens is 1. The zero-order chi connectivity index (χ0) is 25.9. The third kappa shape index (κ3) is 5.03. The van der Waals surface area contributed by atoms with Crippen molar-refractivity contribution < 1.29 is 14.0 Å². The van der Waals surface area contributed by atoms with Gasteiger partial charge in [0.25, 0.3) is 5.91 Å². The van der Waals surface area contributed by atoms with Gasteiger partial charge in [0.15, 0.2) is 0 Å². The molecule has 192 valence electrons. The number of anilines is 2. The molecule has 0 radical (unpaired) electrons. The monoisotopic (exact) mass is 499 g/mol. The second kappa shape index (κ2) is 10.9. The molecule has 2 amide bonds. The number of hydrogen-bond donors (Lipinski definition) is 2. The van der Waals surface area contributed by atoms with Crippen LogP contribution in [0.3, 0.4) is 0 Å². The van der Waals surface area contributed by atoms with Crippen molar-refractivity contribution in [3.63, 3.8) is 0 Å². The van der Waals surface area contributed by atoms with Gasteiger partial charge in [0, 0.05) is 22.9 Å². The number of nitrogens with one attached hydrogen (secondary N) is 2. The lowest BCUT2D eigenvalue weighted by Gasteiger charge is -2.38. The Balaban J connectivity index is 1.34. The summed E-state index contributed by atoms with van der Waals surface area (Å²) in [5.41, 5.74) is 4.85. The van der Waals surface area contributed by atoms with E-state index >= 15 is 4.39 Å². The van der Waals surface area contributed by atoms with Gasteiger partial charge >= 0.3 is 0 Å². The van der Waals surface area contributed by atoms with Crippen LogP contribution in [0.25, 0.3) is 0 Å². The van der Waals surface area contributed by atoms with Crippen molar-refractivity contribution in [3.05, 3.63) is 94.8 Å². The van der Waals surface area contributed by atoms with Crippen LogP contribution in [0.2, 0.25) is 0 Å². The predicted molar refractivity (Wildman–Crippen MR) is 145 cm³/mol. The lowest BCUT2D eigenvalue weighted by molar-refractivity contribution is -0.120. The molecule has 0 saturated carbocycles. The average molecular weight is 500 g/mol. The van der Waals surface area contributed by atoms with Crippen LogP contribution in [0.4, 0.5) is 15.8 Å². The maximum atomic E-state index is 15.2. The first kappa shape index (κ1) is 25.2. The maximum Gasteiger partial charge on any atom is 0.256 e. The molecular weight excluding hydrogens is 465 g/mol. The summed E-state index contributed by atoms with van der Waals surface area (Å²) >= 11 is 0. The summed E-state index contributed by atoms with van der Waals surface area (Å²) in [6, 6.07) is 20.9. The highest BCUT2D eigenvalue weighted by molar-refractivity contribution is 6.07. The first-order valence-electron chi connectivity index (χ1n) is 13.3. The molecule has 0 aromatic heterocycles. The minimum atomic E-state index is -0.263. The standard InChI is InChI=1S/C31H34FN3O2/c1-3-20(4-2)30(36)33-22-13-14-23(27(32)19-22)21-15-17-35(18-16-21)29-24-9-5-6-10-25(24)31(37)34-28-12-8-7-11-26(28)29/h5-14,19-21,29H,3-4,15-18H2,1-2H3,(H,33,36)(H,34,37). The number of carbonyl (C=O) groups excluding carboxylic acids is 2. The zero-order valence-corrected chi connectivity index (χ0v) is 21.5. The van der Waals surface area contributed by atoms with Crippen molar-refractivity contribution in [1.82, 2.24) is 4.90 Å². The van der Waals surface area contributed by atoms with E-state index in [2.05, 4.69) is 21.6 Å². The van der Waals surface area contributed by atoms with Gasteiger partial charge in [-0.25, -0.2) is 4.39 Å². The number of likely N-dealkylation sites (tertiary alicyclic amines) is 1. The van der Waals surface area contributed by atoms with Crippen LogP contribution in [0.5, 0.6) is 0 Å². The van der Waals surface area contributed by atoms with Gasteiger partial charge in [-0.05, 0) is 85.6 Å². The topological polar surface area (TPSA) is 61.4 Å². The first-order valence-corrected chi connectivity index (χ1v) is 13.3. The van der Waals surface area contributed by atoms with E-state index < -0.39 is 0 Å². The Labute approximate surface area is 218 Å². The minimum Gasteiger partial charge on any atom is -0.326 e. The normalized spacial score (nSPS) is 18.1. The molecule has 5 nitrogen and oxygen atoms in total. The third-order valence-electron chi connectivity index (χ3n) is 7.96. The largest absolute Gasteiger partial charge is 0.326 e. The van der Waals surface area contributed by atoms with Crippen LogP contribution in [0.1, 0.15) is 78.5 Å². The highest BCUT2D eigenvalue weighted by Gasteiger charge is 2.34. The predicted octanol–water partition coefficient (Wildman–Crippen LogP) is 6.74. The van der Waals surface area contributed by atoms with Gasteiger partial charge in [0.2, 0.25) is 5.91 Å². The maximum absolute atomic E-state index is 15.2. The van der Waals surface area contributed by atoms with Gasteiger partial charge < -0.3 is 10.6 Å². The number of hydrogen-bond acceptors (Lipinski definition) is 3. The van der Waals surface area contributed by atoms with E-state index in [0.717, 1.165) is 55.6 Å². The Kier molecular flexibility index (Phi) is 7.38. The third-order valence-corrected chi connectivity index (χ3v) is 7.96. The fraction of sp³-hybridized carbons (Fsp3) is 0.355. The number of rotatable bonds is 6. The molecule has 1 saturated heterocycles. The molecule has 6 heteroatoms. The molecule has 0 bridgehead atoms. The van der Waals surface area contributed by atoms with Crippen molar-refractivity contribution in [2.45, 2.75) is 51.5 Å². The van der Waals surface area contributed by atoms with Crippen LogP contribution in [0, 0.1) is 11.7 Å². The summed E-state index contributed by atoms with van der Waals surface area (Å²) in [5.74, 6) is -0.352. The summed E-state index contributed by atoms with van der Waals surface area (Å²) in [6.07, 6.45) is 3.17. The number of amides is 2. The molecule has 2 aliphatic rings. The number of benzene rings is 3. The van der Waals surface area contributed by atoms with Gasteiger partial charge in [-0.3, -0.25) is 14.5 Å². The molecule has 0 spiro atoms. The van der Waals surface area contributed by atoms with E-state index in [9.17, 15) is 9.59 Å². The van der Waals surface area contributed by atoms with Gasteiger partial charge in [-0.2, -0.15) is 0 Å². The molecule has 3 aromatic rings. The lowest BCUT2D eigenvalue weighted by Crippen LogP contribution is -2.37. The number of piperidine rings is 1. The molecule has 1 unspecified atom stereocenters. The van der Waals surface area contributed by atoms with Crippen molar-refractivity contribution in [3.8, 4) is 0 Å². The second-order valence-corrected chi connectivity index (χ2v) is 10.1. The van der Waals surface area contributed by atoms with Crippen molar-refractivity contribution in [2.75, 3.05) is 23.7 Å². The zero-order valence-electron chi connectivity index (χ0n) is 21.5. The van der Waals surface area contributed by atoms with Crippen LogP contribution >= 0.6 is 0 Å². The molecule has 0 aliphatic carbocycles. The fourth-order valence-corrected chi connectivity index (χ4v) is 5.85.